The van der Waals surface area contributed by atoms with Gasteiger partial charge in [-0.15, -0.1) is 5.10 Å². The van der Waals surface area contributed by atoms with E-state index >= 15 is 0 Å². The largest absolute Gasteiger partial charge is 0.408 e. The minimum Gasteiger partial charge on any atom is -0.408 e. The van der Waals surface area contributed by atoms with Crippen molar-refractivity contribution in [2.75, 3.05) is 5.32 Å². The molecule has 0 spiro atoms. The topological polar surface area (TPSA) is 83.8 Å². The normalized spacial score (nSPS) is 10.7. The lowest BCUT2D eigenvalue weighted by molar-refractivity contribution is 0.102. The van der Waals surface area contributed by atoms with Crippen LogP contribution >= 0.6 is 0 Å². The third kappa shape index (κ3) is 1.84. The lowest BCUT2D eigenvalue weighted by Crippen LogP contribution is -2.11. The van der Waals surface area contributed by atoms with Crippen molar-refractivity contribution in [3.05, 3.63) is 41.9 Å². The number of amides is 1. The third-order valence-electron chi connectivity index (χ3n) is 2.56. The molecule has 1 aromatic carbocycles. The van der Waals surface area contributed by atoms with Crippen molar-refractivity contribution in [1.82, 2.24) is 15.2 Å². The van der Waals surface area contributed by atoms with Gasteiger partial charge in [-0.1, -0.05) is 5.10 Å². The molecule has 0 aliphatic carbocycles. The number of carbonyl (C=O) groups excluding carboxylic acids is 1. The molecule has 0 saturated heterocycles. The minimum atomic E-state index is -0.276. The summed E-state index contributed by atoms with van der Waals surface area (Å²) in [5.41, 5.74) is 1.53. The Labute approximate surface area is 102 Å². The van der Waals surface area contributed by atoms with Crippen LogP contribution in [0.5, 0.6) is 0 Å². The van der Waals surface area contributed by atoms with Crippen LogP contribution in [0.1, 0.15) is 16.2 Å². The molecule has 3 aromatic rings. The number of rotatable bonds is 2. The first-order valence-corrected chi connectivity index (χ1v) is 5.41. The lowest BCUT2D eigenvalue weighted by Gasteiger charge is -2.00. The number of hydrogen-bond donors (Lipinski definition) is 2. The van der Waals surface area contributed by atoms with E-state index < -0.39 is 0 Å². The molecule has 0 radical (unpaired) electrons. The predicted octanol–water partition coefficient (Wildman–Crippen LogP) is 2.11. The van der Waals surface area contributed by atoms with E-state index in [0.29, 0.717) is 11.5 Å². The van der Waals surface area contributed by atoms with Gasteiger partial charge in [-0.2, -0.15) is 0 Å². The Bertz CT molecular complexity index is 714. The number of hydrogen-bond acceptors (Lipinski definition) is 4. The second kappa shape index (κ2) is 3.99. The molecule has 2 N–H and O–H groups in total. The number of nitrogens with zero attached hydrogens (tertiary/aromatic N) is 2. The van der Waals surface area contributed by atoms with Gasteiger partial charge in [0.25, 0.3) is 5.91 Å². The number of nitrogens with one attached hydrogen (secondary N) is 2. The number of carbonyl (C=O) groups is 1. The Morgan fingerprint density at radius 2 is 2.22 bits per heavy atom. The maximum atomic E-state index is 11.9. The molecule has 2 heterocycles. The monoisotopic (exact) mass is 242 g/mol. The molecule has 0 atom stereocenters. The lowest BCUT2D eigenvalue weighted by atomic mass is 10.1. The number of aromatic amines is 1. The predicted molar refractivity (Wildman–Crippen MR) is 65.3 cm³/mol. The van der Waals surface area contributed by atoms with Crippen molar-refractivity contribution >= 4 is 22.8 Å². The molecule has 3 rings (SSSR count). The van der Waals surface area contributed by atoms with E-state index in [-0.39, 0.29) is 11.9 Å². The highest BCUT2D eigenvalue weighted by atomic mass is 16.4. The van der Waals surface area contributed by atoms with Crippen LogP contribution in [0.3, 0.4) is 0 Å². The van der Waals surface area contributed by atoms with Crippen LogP contribution in [-0.2, 0) is 0 Å². The van der Waals surface area contributed by atoms with Crippen molar-refractivity contribution in [2.24, 2.45) is 0 Å². The summed E-state index contributed by atoms with van der Waals surface area (Å²) < 4.78 is 5.09. The Morgan fingerprint density at radius 1 is 1.33 bits per heavy atom. The fourth-order valence-electron chi connectivity index (χ4n) is 1.71. The van der Waals surface area contributed by atoms with Gasteiger partial charge in [-0.3, -0.25) is 10.1 Å². The Balaban J connectivity index is 1.87. The molecular weight excluding hydrogens is 232 g/mol. The molecule has 0 unspecified atom stereocenters. The van der Waals surface area contributed by atoms with Crippen LogP contribution in [0.2, 0.25) is 0 Å². The Kier molecular flexibility index (Phi) is 2.33. The fourth-order valence-corrected chi connectivity index (χ4v) is 1.71. The zero-order valence-electron chi connectivity index (χ0n) is 9.60. The highest BCUT2D eigenvalue weighted by Gasteiger charge is 2.10. The van der Waals surface area contributed by atoms with E-state index in [0.717, 1.165) is 10.9 Å². The molecule has 0 aliphatic rings. The van der Waals surface area contributed by atoms with Gasteiger partial charge in [0.15, 0.2) is 0 Å². The standard InChI is InChI=1S/C12H10N4O2/c1-7-15-16-12(18-7)14-11(17)9-2-3-10-8(6-9)4-5-13-10/h2-6,13H,1H3,(H,14,16,17). The van der Waals surface area contributed by atoms with E-state index in [4.69, 9.17) is 4.42 Å². The minimum absolute atomic E-state index is 0.103. The molecular formula is C12H10N4O2. The summed E-state index contributed by atoms with van der Waals surface area (Å²) in [7, 11) is 0. The van der Waals surface area contributed by atoms with Gasteiger partial charge in [0, 0.05) is 29.6 Å². The molecule has 0 bridgehead atoms. The second-order valence-electron chi connectivity index (χ2n) is 3.86. The number of anilines is 1. The molecule has 0 aliphatic heterocycles. The van der Waals surface area contributed by atoms with Crippen LogP contribution in [-0.4, -0.2) is 21.1 Å². The number of aryl methyl sites for hydroxylation is 1. The molecule has 0 saturated carbocycles. The summed E-state index contributed by atoms with van der Waals surface area (Å²) in [5.74, 6) is 0.133. The van der Waals surface area contributed by atoms with Gasteiger partial charge >= 0.3 is 6.01 Å². The van der Waals surface area contributed by atoms with Crippen LogP contribution in [0, 0.1) is 6.92 Å². The first kappa shape index (κ1) is 10.5. The number of fused-ring (bicyclic) bond motifs is 1. The number of aromatic nitrogens is 3. The molecule has 0 fully saturated rings. The Morgan fingerprint density at radius 3 is 3.00 bits per heavy atom. The van der Waals surface area contributed by atoms with E-state index in [9.17, 15) is 4.79 Å². The summed E-state index contributed by atoms with van der Waals surface area (Å²) in [4.78, 5) is 15.0. The average Bonchev–Trinajstić information content (AvgIpc) is 2.96. The van der Waals surface area contributed by atoms with Crippen LogP contribution in [0.15, 0.2) is 34.9 Å². The van der Waals surface area contributed by atoms with Gasteiger partial charge in [-0.25, -0.2) is 0 Å². The summed E-state index contributed by atoms with van der Waals surface area (Å²) in [6.45, 7) is 1.66. The van der Waals surface area contributed by atoms with Gasteiger partial charge in [0.1, 0.15) is 0 Å². The van der Waals surface area contributed by atoms with Crippen molar-refractivity contribution < 1.29 is 9.21 Å². The molecule has 90 valence electrons. The van der Waals surface area contributed by atoms with E-state index in [1.165, 1.54) is 0 Å². The maximum absolute atomic E-state index is 11.9. The third-order valence-corrected chi connectivity index (χ3v) is 2.56. The number of H-pyrrole nitrogens is 1. The van der Waals surface area contributed by atoms with Crippen LogP contribution < -0.4 is 5.32 Å². The molecule has 1 amide bonds. The molecule has 2 aromatic heterocycles. The van der Waals surface area contributed by atoms with Crippen LogP contribution in [0.4, 0.5) is 6.01 Å². The highest BCUT2D eigenvalue weighted by molar-refractivity contribution is 6.05. The Hall–Kier alpha value is -2.63. The molecule has 18 heavy (non-hydrogen) atoms. The summed E-state index contributed by atoms with van der Waals surface area (Å²) in [6.07, 6.45) is 1.83. The summed E-state index contributed by atoms with van der Waals surface area (Å²) in [5, 5.41) is 10.9. The smallest absolute Gasteiger partial charge is 0.322 e. The molecule has 6 nitrogen and oxygen atoms in total. The maximum Gasteiger partial charge on any atom is 0.322 e. The summed E-state index contributed by atoms with van der Waals surface area (Å²) in [6, 6.07) is 7.39. The zero-order valence-corrected chi connectivity index (χ0v) is 9.60. The highest BCUT2D eigenvalue weighted by Crippen LogP contribution is 2.15. The van der Waals surface area contributed by atoms with E-state index in [1.807, 2.05) is 18.3 Å². The fraction of sp³-hybridized carbons (Fsp3) is 0.0833. The van der Waals surface area contributed by atoms with E-state index in [1.54, 1.807) is 19.1 Å². The van der Waals surface area contributed by atoms with Gasteiger partial charge in [-0.05, 0) is 24.3 Å². The zero-order chi connectivity index (χ0) is 12.5. The van der Waals surface area contributed by atoms with Crippen molar-refractivity contribution in [1.29, 1.82) is 0 Å². The second-order valence-corrected chi connectivity index (χ2v) is 3.86. The van der Waals surface area contributed by atoms with Gasteiger partial charge in [0.05, 0.1) is 0 Å². The summed E-state index contributed by atoms with van der Waals surface area (Å²) >= 11 is 0. The van der Waals surface area contributed by atoms with Gasteiger partial charge in [0.2, 0.25) is 5.89 Å². The van der Waals surface area contributed by atoms with Crippen molar-refractivity contribution in [2.45, 2.75) is 6.92 Å². The SMILES string of the molecule is Cc1nnc(NC(=O)c2ccc3[nH]ccc3c2)o1. The first-order chi connectivity index (χ1) is 8.72. The number of benzene rings is 1. The van der Waals surface area contributed by atoms with Gasteiger partial charge < -0.3 is 9.40 Å². The van der Waals surface area contributed by atoms with Crippen molar-refractivity contribution in [3.63, 3.8) is 0 Å². The van der Waals surface area contributed by atoms with Crippen molar-refractivity contribution in [3.8, 4) is 0 Å². The average molecular weight is 242 g/mol. The quantitative estimate of drug-likeness (QED) is 0.720. The van der Waals surface area contributed by atoms with Crippen LogP contribution in [0.25, 0.3) is 10.9 Å². The first-order valence-electron chi connectivity index (χ1n) is 5.41. The molecule has 6 heteroatoms. The van der Waals surface area contributed by atoms with E-state index in [2.05, 4.69) is 20.5 Å².